The van der Waals surface area contributed by atoms with Gasteiger partial charge >= 0.3 is 0 Å². The van der Waals surface area contributed by atoms with Crippen molar-refractivity contribution in [3.05, 3.63) is 59.2 Å². The quantitative estimate of drug-likeness (QED) is 0.423. The SMILES string of the molecule is CN(C)Cc1cccc([C@]23CC[C@@H](N(CCCN4CCN(C)CC4)c4nc5cc(F)c(F)cc5[nH]4)CC2C3)c1. The molecule has 8 heteroatoms. The summed E-state index contributed by atoms with van der Waals surface area (Å²) in [6.45, 7) is 7.37. The summed E-state index contributed by atoms with van der Waals surface area (Å²) in [7, 11) is 6.43. The zero-order chi connectivity index (χ0) is 27.1. The van der Waals surface area contributed by atoms with E-state index >= 15 is 0 Å². The molecule has 6 nitrogen and oxygen atoms in total. The van der Waals surface area contributed by atoms with Crippen molar-refractivity contribution in [2.45, 2.75) is 50.1 Å². The van der Waals surface area contributed by atoms with Crippen LogP contribution in [0.1, 0.15) is 43.2 Å². The fourth-order valence-electron chi connectivity index (χ4n) is 7.12. The lowest BCUT2D eigenvalue weighted by Gasteiger charge is -2.38. The summed E-state index contributed by atoms with van der Waals surface area (Å²) >= 11 is 0. The van der Waals surface area contributed by atoms with E-state index in [1.54, 1.807) is 0 Å². The Labute approximate surface area is 231 Å². The van der Waals surface area contributed by atoms with Crippen LogP contribution in [0, 0.1) is 17.6 Å². The Kier molecular flexibility index (Phi) is 7.37. The van der Waals surface area contributed by atoms with E-state index in [2.05, 4.69) is 70.0 Å². The molecule has 2 aromatic carbocycles. The Morgan fingerprint density at radius 3 is 2.64 bits per heavy atom. The Balaban J connectivity index is 1.19. The minimum atomic E-state index is -0.848. The Hall–Kier alpha value is -2.55. The van der Waals surface area contributed by atoms with Crippen LogP contribution in [0.4, 0.5) is 14.7 Å². The van der Waals surface area contributed by atoms with Gasteiger partial charge < -0.3 is 24.6 Å². The summed E-state index contributed by atoms with van der Waals surface area (Å²) in [6.07, 6.45) is 5.70. The molecule has 2 saturated carbocycles. The molecule has 0 radical (unpaired) electrons. The van der Waals surface area contributed by atoms with Crippen molar-refractivity contribution < 1.29 is 8.78 Å². The second-order valence-electron chi connectivity index (χ2n) is 12.5. The molecule has 6 rings (SSSR count). The predicted molar refractivity (Wildman–Crippen MR) is 153 cm³/mol. The Bertz CT molecular complexity index is 1260. The highest BCUT2D eigenvalue weighted by Crippen LogP contribution is 2.63. The second kappa shape index (κ2) is 10.8. The zero-order valence-corrected chi connectivity index (χ0v) is 23.6. The highest BCUT2D eigenvalue weighted by atomic mass is 19.2. The van der Waals surface area contributed by atoms with Gasteiger partial charge in [0.2, 0.25) is 5.95 Å². The average molecular weight is 537 g/mol. The molecule has 1 aromatic heterocycles. The van der Waals surface area contributed by atoms with Gasteiger partial charge in [0.15, 0.2) is 11.6 Å². The maximum Gasteiger partial charge on any atom is 0.204 e. The van der Waals surface area contributed by atoms with Gasteiger partial charge in [-0.15, -0.1) is 0 Å². The second-order valence-corrected chi connectivity index (χ2v) is 12.5. The van der Waals surface area contributed by atoms with Crippen LogP contribution in [-0.4, -0.2) is 91.1 Å². The molecule has 39 heavy (non-hydrogen) atoms. The summed E-state index contributed by atoms with van der Waals surface area (Å²) in [5, 5.41) is 0. The van der Waals surface area contributed by atoms with Crippen molar-refractivity contribution in [3.8, 4) is 0 Å². The van der Waals surface area contributed by atoms with E-state index < -0.39 is 11.6 Å². The number of H-pyrrole nitrogens is 1. The Morgan fingerprint density at radius 1 is 1.08 bits per heavy atom. The molecule has 1 unspecified atom stereocenters. The summed E-state index contributed by atoms with van der Waals surface area (Å²) < 4.78 is 27.9. The van der Waals surface area contributed by atoms with Gasteiger partial charge in [0.1, 0.15) is 0 Å². The van der Waals surface area contributed by atoms with E-state index in [1.165, 1.54) is 36.1 Å². The van der Waals surface area contributed by atoms with Crippen molar-refractivity contribution in [1.29, 1.82) is 0 Å². The maximum atomic E-state index is 14.0. The summed E-state index contributed by atoms with van der Waals surface area (Å²) in [5.74, 6) is -0.264. The van der Waals surface area contributed by atoms with Gasteiger partial charge in [-0.25, -0.2) is 13.8 Å². The van der Waals surface area contributed by atoms with E-state index in [1.807, 2.05) is 0 Å². The van der Waals surface area contributed by atoms with Crippen LogP contribution >= 0.6 is 0 Å². The van der Waals surface area contributed by atoms with E-state index in [4.69, 9.17) is 4.98 Å². The number of anilines is 1. The van der Waals surface area contributed by atoms with Crippen LogP contribution in [-0.2, 0) is 12.0 Å². The van der Waals surface area contributed by atoms with Gasteiger partial charge in [-0.2, -0.15) is 0 Å². The highest BCUT2D eigenvalue weighted by molar-refractivity contribution is 5.77. The molecule has 2 aliphatic carbocycles. The number of likely N-dealkylation sites (N-methyl/N-ethyl adjacent to an activating group) is 1. The highest BCUT2D eigenvalue weighted by Gasteiger charge is 2.58. The smallest absolute Gasteiger partial charge is 0.204 e. The molecule has 3 atom stereocenters. The first kappa shape index (κ1) is 26.7. The predicted octanol–water partition coefficient (Wildman–Crippen LogP) is 4.86. The van der Waals surface area contributed by atoms with Gasteiger partial charge in [0.05, 0.1) is 11.0 Å². The number of nitrogens with one attached hydrogen (secondary N) is 1. The maximum absolute atomic E-state index is 14.0. The molecule has 1 aliphatic heterocycles. The van der Waals surface area contributed by atoms with Crippen molar-refractivity contribution >= 4 is 17.0 Å². The van der Waals surface area contributed by atoms with Crippen molar-refractivity contribution in [3.63, 3.8) is 0 Å². The van der Waals surface area contributed by atoms with Crippen LogP contribution in [0.2, 0.25) is 0 Å². The molecular weight excluding hydrogens is 494 g/mol. The normalized spacial score (nSPS) is 25.8. The third-order valence-electron chi connectivity index (χ3n) is 9.41. The van der Waals surface area contributed by atoms with Gasteiger partial charge in [-0.1, -0.05) is 24.3 Å². The van der Waals surface area contributed by atoms with E-state index in [-0.39, 0.29) is 0 Å². The first-order chi connectivity index (χ1) is 18.8. The number of hydrogen-bond donors (Lipinski definition) is 1. The molecule has 0 spiro atoms. The number of imidazole rings is 1. The number of aromatic amines is 1. The number of hydrogen-bond acceptors (Lipinski definition) is 5. The largest absolute Gasteiger partial charge is 0.339 e. The molecule has 1 saturated heterocycles. The third kappa shape index (κ3) is 5.56. The lowest BCUT2D eigenvalue weighted by molar-refractivity contribution is 0.153. The number of rotatable bonds is 9. The van der Waals surface area contributed by atoms with E-state index in [0.29, 0.717) is 28.4 Å². The average Bonchev–Trinajstić information content (AvgIpc) is 3.53. The summed E-state index contributed by atoms with van der Waals surface area (Å²) in [5.41, 5.74) is 4.24. The van der Waals surface area contributed by atoms with Gasteiger partial charge in [0.25, 0.3) is 0 Å². The number of halogens is 2. The number of nitrogens with zero attached hydrogens (tertiary/aromatic N) is 5. The van der Waals surface area contributed by atoms with Crippen molar-refractivity contribution in [2.24, 2.45) is 5.92 Å². The summed E-state index contributed by atoms with van der Waals surface area (Å²) in [4.78, 5) is 17.7. The van der Waals surface area contributed by atoms with Gasteiger partial charge in [-0.05, 0) is 82.3 Å². The molecule has 3 aliphatic rings. The van der Waals surface area contributed by atoms with Crippen molar-refractivity contribution in [2.75, 3.05) is 65.3 Å². The molecular formula is C31H42F2N6. The third-order valence-corrected chi connectivity index (χ3v) is 9.41. The number of piperazine rings is 1. The molecule has 0 bridgehead atoms. The first-order valence-corrected chi connectivity index (χ1v) is 14.6. The topological polar surface area (TPSA) is 41.6 Å². The molecule has 2 heterocycles. The van der Waals surface area contributed by atoms with Crippen molar-refractivity contribution in [1.82, 2.24) is 24.7 Å². The molecule has 0 amide bonds. The van der Waals surface area contributed by atoms with Crippen LogP contribution in [0.3, 0.4) is 0 Å². The molecule has 210 valence electrons. The molecule has 1 N–H and O–H groups in total. The lowest BCUT2D eigenvalue weighted by atomic mass is 9.80. The number of aromatic nitrogens is 2. The van der Waals surface area contributed by atoms with E-state index in [9.17, 15) is 8.78 Å². The minimum absolute atomic E-state index is 0.310. The first-order valence-electron chi connectivity index (χ1n) is 14.6. The van der Waals surface area contributed by atoms with Crippen LogP contribution in [0.25, 0.3) is 11.0 Å². The summed E-state index contributed by atoms with van der Waals surface area (Å²) in [6, 6.07) is 12.0. The number of fused-ring (bicyclic) bond motifs is 2. The monoisotopic (exact) mass is 536 g/mol. The van der Waals surface area contributed by atoms with Crippen LogP contribution < -0.4 is 4.90 Å². The Morgan fingerprint density at radius 2 is 1.87 bits per heavy atom. The standard InChI is InChI=1S/C31H42F2N6/c1-36(2)21-22-6-4-7-23(16-22)31-9-8-25(17-24(31)20-31)39(11-5-10-38-14-12-37(3)13-15-38)30-34-28-18-26(32)27(33)19-29(28)35-30/h4,6-7,16,18-19,24-25H,5,8-15,17,20-21H2,1-3H3,(H,34,35)/t24?,25-,31-/m1/s1. The minimum Gasteiger partial charge on any atom is -0.339 e. The lowest BCUT2D eigenvalue weighted by Crippen LogP contribution is -2.46. The molecule has 3 fully saturated rings. The molecule has 3 aromatic rings. The zero-order valence-electron chi connectivity index (χ0n) is 23.6. The fourth-order valence-corrected chi connectivity index (χ4v) is 7.12. The van der Waals surface area contributed by atoms with Gasteiger partial charge in [0, 0.05) is 57.4 Å². The van der Waals surface area contributed by atoms with Crippen LogP contribution in [0.15, 0.2) is 36.4 Å². The van der Waals surface area contributed by atoms with Gasteiger partial charge in [-0.3, -0.25) is 0 Å². The van der Waals surface area contributed by atoms with Crippen LogP contribution in [0.5, 0.6) is 0 Å². The number of benzene rings is 2. The van der Waals surface area contributed by atoms with E-state index in [0.717, 1.165) is 71.0 Å². The fraction of sp³-hybridized carbons (Fsp3) is 0.581.